The van der Waals surface area contributed by atoms with Gasteiger partial charge in [-0.2, -0.15) is 0 Å². The largest absolute Gasteiger partial charge is 0.346 e. The Labute approximate surface area is 179 Å². The van der Waals surface area contributed by atoms with Crippen LogP contribution in [-0.2, 0) is 16.6 Å². The maximum absolute atomic E-state index is 12.4. The van der Waals surface area contributed by atoms with E-state index in [1.807, 2.05) is 31.2 Å². The van der Waals surface area contributed by atoms with Crippen molar-refractivity contribution in [3.05, 3.63) is 69.0 Å². The van der Waals surface area contributed by atoms with Crippen LogP contribution in [0.15, 0.2) is 53.4 Å². The van der Waals surface area contributed by atoms with Crippen LogP contribution in [0.25, 0.3) is 11.3 Å². The number of aromatic nitrogens is 1. The summed E-state index contributed by atoms with van der Waals surface area (Å²) in [6.07, 6.45) is 0. The number of carbonyl (C=O) groups excluding carboxylic acids is 1. The van der Waals surface area contributed by atoms with Crippen molar-refractivity contribution in [2.24, 2.45) is 0 Å². The second kappa shape index (κ2) is 9.04. The molecule has 0 aliphatic carbocycles. The number of rotatable bonds is 7. The summed E-state index contributed by atoms with van der Waals surface area (Å²) in [6, 6.07) is 13.3. The SMILES string of the molecule is CCNS(=O)(=O)c1ccc(C(=O)NCc2nc(-c3ccc(Cl)cc3)c(C)s2)cc1. The molecule has 0 saturated carbocycles. The fraction of sp³-hybridized carbons (Fsp3) is 0.200. The van der Waals surface area contributed by atoms with Crippen molar-refractivity contribution in [2.75, 3.05) is 6.54 Å². The van der Waals surface area contributed by atoms with Crippen LogP contribution in [0.3, 0.4) is 0 Å². The first kappa shape index (κ1) is 21.4. The molecule has 6 nitrogen and oxygen atoms in total. The highest BCUT2D eigenvalue weighted by Crippen LogP contribution is 2.28. The Kier molecular flexibility index (Phi) is 6.69. The minimum Gasteiger partial charge on any atom is -0.346 e. The van der Waals surface area contributed by atoms with Gasteiger partial charge in [0.25, 0.3) is 5.91 Å². The minimum absolute atomic E-state index is 0.124. The Morgan fingerprint density at radius 1 is 1.10 bits per heavy atom. The second-order valence-electron chi connectivity index (χ2n) is 6.23. The smallest absolute Gasteiger partial charge is 0.251 e. The number of nitrogens with one attached hydrogen (secondary N) is 2. The van der Waals surface area contributed by atoms with Crippen LogP contribution >= 0.6 is 22.9 Å². The fourth-order valence-corrected chi connectivity index (χ4v) is 4.78. The molecule has 1 heterocycles. The van der Waals surface area contributed by atoms with Crippen LogP contribution in [0.4, 0.5) is 0 Å². The summed E-state index contributed by atoms with van der Waals surface area (Å²) >= 11 is 7.45. The number of thiazole rings is 1. The van der Waals surface area contributed by atoms with Gasteiger partial charge in [0.2, 0.25) is 10.0 Å². The Balaban J connectivity index is 1.67. The van der Waals surface area contributed by atoms with Crippen molar-refractivity contribution in [1.29, 1.82) is 0 Å². The van der Waals surface area contributed by atoms with Gasteiger partial charge in [-0.15, -0.1) is 11.3 Å². The standard InChI is InChI=1S/C20H20ClN3O3S2/c1-3-23-29(26,27)17-10-6-15(7-11-17)20(25)22-12-18-24-19(13(2)28-18)14-4-8-16(21)9-5-14/h4-11,23H,3,12H2,1-2H3,(H,22,25). The maximum atomic E-state index is 12.4. The average molecular weight is 450 g/mol. The first-order valence-corrected chi connectivity index (χ1v) is 11.6. The summed E-state index contributed by atoms with van der Waals surface area (Å²) in [5, 5.41) is 4.27. The number of benzene rings is 2. The quantitative estimate of drug-likeness (QED) is 0.570. The van der Waals surface area contributed by atoms with Crippen LogP contribution in [-0.4, -0.2) is 25.9 Å². The molecule has 0 fully saturated rings. The van der Waals surface area contributed by atoms with Gasteiger partial charge in [0.05, 0.1) is 17.1 Å². The number of halogens is 1. The molecule has 0 unspecified atom stereocenters. The minimum atomic E-state index is -3.54. The van der Waals surface area contributed by atoms with E-state index < -0.39 is 10.0 Å². The van der Waals surface area contributed by atoms with Crippen molar-refractivity contribution in [3.63, 3.8) is 0 Å². The van der Waals surface area contributed by atoms with Gasteiger partial charge in [0.15, 0.2) is 0 Å². The number of sulfonamides is 1. The van der Waals surface area contributed by atoms with E-state index in [9.17, 15) is 13.2 Å². The van der Waals surface area contributed by atoms with E-state index >= 15 is 0 Å². The molecule has 0 atom stereocenters. The predicted molar refractivity (Wildman–Crippen MR) is 116 cm³/mol. The number of carbonyl (C=O) groups is 1. The van der Waals surface area contributed by atoms with Crippen molar-refractivity contribution in [3.8, 4) is 11.3 Å². The Hall–Kier alpha value is -2.26. The number of hydrogen-bond acceptors (Lipinski definition) is 5. The van der Waals surface area contributed by atoms with Crippen LogP contribution < -0.4 is 10.0 Å². The molecule has 2 aromatic carbocycles. The fourth-order valence-electron chi connectivity index (χ4n) is 2.72. The normalized spacial score (nSPS) is 11.4. The Morgan fingerprint density at radius 3 is 2.38 bits per heavy atom. The highest BCUT2D eigenvalue weighted by molar-refractivity contribution is 7.89. The lowest BCUT2D eigenvalue weighted by atomic mass is 10.1. The van der Waals surface area contributed by atoms with E-state index in [2.05, 4.69) is 15.0 Å². The van der Waals surface area contributed by atoms with Gasteiger partial charge < -0.3 is 5.32 Å². The monoisotopic (exact) mass is 449 g/mol. The van der Waals surface area contributed by atoms with Crippen LogP contribution in [0, 0.1) is 6.92 Å². The molecule has 152 valence electrons. The first-order chi connectivity index (χ1) is 13.8. The van der Waals surface area contributed by atoms with Crippen LogP contribution in [0.5, 0.6) is 0 Å². The Bertz CT molecular complexity index is 1110. The van der Waals surface area contributed by atoms with E-state index in [0.717, 1.165) is 21.1 Å². The zero-order chi connectivity index (χ0) is 21.0. The molecule has 0 radical (unpaired) electrons. The highest BCUT2D eigenvalue weighted by atomic mass is 35.5. The van der Waals surface area contributed by atoms with E-state index in [4.69, 9.17) is 11.6 Å². The molecule has 2 N–H and O–H groups in total. The van der Waals surface area contributed by atoms with Gasteiger partial charge >= 0.3 is 0 Å². The van der Waals surface area contributed by atoms with E-state index in [0.29, 0.717) is 17.1 Å². The molecule has 9 heteroatoms. The van der Waals surface area contributed by atoms with Crippen molar-refractivity contribution < 1.29 is 13.2 Å². The highest BCUT2D eigenvalue weighted by Gasteiger charge is 2.15. The summed E-state index contributed by atoms with van der Waals surface area (Å²) in [7, 11) is -3.54. The molecule has 0 aliphatic heterocycles. The molecular weight excluding hydrogens is 430 g/mol. The van der Waals surface area contributed by atoms with E-state index in [1.165, 1.54) is 35.6 Å². The molecular formula is C20H20ClN3O3S2. The van der Waals surface area contributed by atoms with Gasteiger partial charge in [-0.25, -0.2) is 18.1 Å². The topological polar surface area (TPSA) is 88.2 Å². The lowest BCUT2D eigenvalue weighted by Crippen LogP contribution is -2.24. The molecule has 0 bridgehead atoms. The Morgan fingerprint density at radius 2 is 1.76 bits per heavy atom. The summed E-state index contributed by atoms with van der Waals surface area (Å²) in [5.74, 6) is -0.293. The van der Waals surface area contributed by atoms with E-state index in [1.54, 1.807) is 6.92 Å². The second-order valence-corrected chi connectivity index (χ2v) is 9.72. The third-order valence-electron chi connectivity index (χ3n) is 4.12. The molecule has 1 amide bonds. The molecule has 3 aromatic rings. The lowest BCUT2D eigenvalue weighted by Gasteiger charge is -2.06. The van der Waals surface area contributed by atoms with Gasteiger partial charge in [-0.05, 0) is 43.3 Å². The predicted octanol–water partition coefficient (Wildman–Crippen LogP) is 4.00. The molecule has 29 heavy (non-hydrogen) atoms. The van der Waals surface area contributed by atoms with Gasteiger partial charge in [0, 0.05) is 27.6 Å². The number of amides is 1. The summed E-state index contributed by atoms with van der Waals surface area (Å²) in [6.45, 7) is 4.28. The first-order valence-electron chi connectivity index (χ1n) is 8.90. The zero-order valence-corrected chi connectivity index (χ0v) is 18.3. The van der Waals surface area contributed by atoms with Crippen LogP contribution in [0.2, 0.25) is 5.02 Å². The van der Waals surface area contributed by atoms with Crippen molar-refractivity contribution in [2.45, 2.75) is 25.3 Å². The summed E-state index contributed by atoms with van der Waals surface area (Å²) in [4.78, 5) is 18.2. The van der Waals surface area contributed by atoms with Crippen molar-refractivity contribution in [1.82, 2.24) is 15.0 Å². The van der Waals surface area contributed by atoms with Crippen molar-refractivity contribution >= 4 is 38.9 Å². The molecule has 0 spiro atoms. The van der Waals surface area contributed by atoms with Gasteiger partial charge in [-0.1, -0.05) is 30.7 Å². The number of nitrogens with zero attached hydrogens (tertiary/aromatic N) is 1. The van der Waals surface area contributed by atoms with E-state index in [-0.39, 0.29) is 17.3 Å². The summed E-state index contributed by atoms with van der Waals surface area (Å²) < 4.78 is 26.4. The van der Waals surface area contributed by atoms with Gasteiger partial charge in [0.1, 0.15) is 5.01 Å². The number of aryl methyl sites for hydroxylation is 1. The number of hydrogen-bond donors (Lipinski definition) is 2. The third kappa shape index (κ3) is 5.22. The van der Waals surface area contributed by atoms with Gasteiger partial charge in [-0.3, -0.25) is 4.79 Å². The third-order valence-corrected chi connectivity index (χ3v) is 6.90. The molecule has 0 aliphatic rings. The van der Waals surface area contributed by atoms with Crippen LogP contribution in [0.1, 0.15) is 27.2 Å². The molecule has 3 rings (SSSR count). The zero-order valence-electron chi connectivity index (χ0n) is 15.9. The molecule has 1 aromatic heterocycles. The maximum Gasteiger partial charge on any atom is 0.251 e. The average Bonchev–Trinajstić information content (AvgIpc) is 3.07. The molecule has 0 saturated heterocycles. The summed E-state index contributed by atoms with van der Waals surface area (Å²) in [5.41, 5.74) is 2.22. The lowest BCUT2D eigenvalue weighted by molar-refractivity contribution is 0.0950.